The minimum atomic E-state index is -3.70. The summed E-state index contributed by atoms with van der Waals surface area (Å²) in [6, 6.07) is 8.50. The number of halogens is 2. The van der Waals surface area contributed by atoms with Crippen LogP contribution in [0.2, 0.25) is 0 Å². The SMILES string of the molecule is O=C(Nc1nc2cc3c(cc2[nH]1)OC(F)(F)O3)c1csc(-c2ccc3c(c2)CCO3)n1. The molecular formula is C20H12F2N4O4S. The zero-order valence-corrected chi connectivity index (χ0v) is 16.4. The standard InChI is InChI=1S/C20H12F2N4O4S/c21-20(22)29-15-6-11-12(7-16(15)30-20)25-19(24-11)26-17(27)13-8-31-18(23-13)10-1-2-14-9(5-10)3-4-28-14/h1-2,5-8H,3-4H2,(H2,24,25,26,27). The molecular weight excluding hydrogens is 430 g/mol. The molecule has 2 aromatic heterocycles. The van der Waals surface area contributed by atoms with Gasteiger partial charge in [0.2, 0.25) is 5.95 Å². The highest BCUT2D eigenvalue weighted by atomic mass is 32.1. The van der Waals surface area contributed by atoms with Crippen LogP contribution >= 0.6 is 11.3 Å². The lowest BCUT2D eigenvalue weighted by Gasteiger charge is -2.04. The van der Waals surface area contributed by atoms with Crippen molar-refractivity contribution in [3.05, 3.63) is 47.0 Å². The maximum atomic E-state index is 13.2. The number of hydrogen-bond acceptors (Lipinski definition) is 7. The molecule has 1 amide bonds. The van der Waals surface area contributed by atoms with Crippen LogP contribution in [0.3, 0.4) is 0 Å². The summed E-state index contributed by atoms with van der Waals surface area (Å²) in [5.41, 5.74) is 3.04. The summed E-state index contributed by atoms with van der Waals surface area (Å²) in [7, 11) is 0. The number of benzene rings is 2. The lowest BCUT2D eigenvalue weighted by atomic mass is 10.1. The van der Waals surface area contributed by atoms with Crippen molar-refractivity contribution in [1.29, 1.82) is 0 Å². The van der Waals surface area contributed by atoms with Gasteiger partial charge >= 0.3 is 6.29 Å². The number of hydrogen-bond donors (Lipinski definition) is 2. The van der Waals surface area contributed by atoms with Gasteiger partial charge in [-0.15, -0.1) is 20.1 Å². The number of nitrogens with one attached hydrogen (secondary N) is 2. The average Bonchev–Trinajstić information content (AvgIpc) is 3.49. The minimum absolute atomic E-state index is 0.108. The van der Waals surface area contributed by atoms with E-state index in [-0.39, 0.29) is 23.1 Å². The number of amides is 1. The van der Waals surface area contributed by atoms with Gasteiger partial charge in [0.15, 0.2) is 11.5 Å². The molecule has 4 aromatic rings. The first-order valence-electron chi connectivity index (χ1n) is 9.26. The minimum Gasteiger partial charge on any atom is -0.493 e. The molecule has 0 spiro atoms. The number of alkyl halides is 2. The third kappa shape index (κ3) is 3.13. The van der Waals surface area contributed by atoms with Crippen LogP contribution in [-0.4, -0.2) is 33.8 Å². The second kappa shape index (κ2) is 6.38. The van der Waals surface area contributed by atoms with E-state index in [4.69, 9.17) is 4.74 Å². The van der Waals surface area contributed by atoms with E-state index < -0.39 is 12.2 Å². The molecule has 6 rings (SSSR count). The number of imidazole rings is 1. The zero-order chi connectivity index (χ0) is 21.2. The highest BCUT2D eigenvalue weighted by Gasteiger charge is 2.43. The van der Waals surface area contributed by atoms with E-state index in [1.807, 2.05) is 18.2 Å². The van der Waals surface area contributed by atoms with Gasteiger partial charge in [0.25, 0.3) is 5.91 Å². The molecule has 11 heteroatoms. The first-order chi connectivity index (χ1) is 14.9. The van der Waals surface area contributed by atoms with Gasteiger partial charge in [-0.05, 0) is 23.8 Å². The van der Waals surface area contributed by atoms with Gasteiger partial charge in [-0.2, -0.15) is 0 Å². The molecule has 0 aliphatic carbocycles. The number of rotatable bonds is 3. The monoisotopic (exact) mass is 442 g/mol. The van der Waals surface area contributed by atoms with Gasteiger partial charge in [-0.1, -0.05) is 0 Å². The highest BCUT2D eigenvalue weighted by Crippen LogP contribution is 2.43. The van der Waals surface area contributed by atoms with Gasteiger partial charge in [-0.3, -0.25) is 10.1 Å². The van der Waals surface area contributed by atoms with Crippen molar-refractivity contribution in [2.75, 3.05) is 11.9 Å². The summed E-state index contributed by atoms with van der Waals surface area (Å²) in [5, 5.41) is 5.01. The number of aromatic amines is 1. The van der Waals surface area contributed by atoms with Gasteiger partial charge < -0.3 is 19.2 Å². The molecule has 4 heterocycles. The van der Waals surface area contributed by atoms with Crippen molar-refractivity contribution in [3.8, 4) is 27.8 Å². The summed E-state index contributed by atoms with van der Waals surface area (Å²) >= 11 is 1.36. The molecule has 2 aromatic carbocycles. The normalized spacial score (nSPS) is 15.7. The second-order valence-electron chi connectivity index (χ2n) is 6.98. The van der Waals surface area contributed by atoms with Crippen LogP contribution in [0.4, 0.5) is 14.7 Å². The van der Waals surface area contributed by atoms with Crippen molar-refractivity contribution in [3.63, 3.8) is 0 Å². The van der Waals surface area contributed by atoms with Gasteiger partial charge in [0, 0.05) is 29.5 Å². The van der Waals surface area contributed by atoms with Gasteiger partial charge in [0.1, 0.15) is 16.5 Å². The lowest BCUT2D eigenvalue weighted by molar-refractivity contribution is -0.286. The number of carbonyl (C=O) groups excluding carboxylic acids is 1. The fourth-order valence-electron chi connectivity index (χ4n) is 3.52. The Bertz CT molecular complexity index is 1320. The molecule has 8 nitrogen and oxygen atoms in total. The molecule has 0 saturated carbocycles. The smallest absolute Gasteiger partial charge is 0.493 e. The molecule has 0 unspecified atom stereocenters. The van der Waals surface area contributed by atoms with Gasteiger partial charge in [-0.25, -0.2) is 9.97 Å². The number of thiazole rings is 1. The quantitative estimate of drug-likeness (QED) is 0.494. The second-order valence-corrected chi connectivity index (χ2v) is 7.84. The third-order valence-electron chi connectivity index (χ3n) is 4.91. The summed E-state index contributed by atoms with van der Waals surface area (Å²) in [5.74, 6) is 0.361. The Morgan fingerprint density at radius 1 is 1.13 bits per heavy atom. The van der Waals surface area contributed by atoms with E-state index in [0.717, 1.165) is 28.3 Å². The number of H-pyrrole nitrogens is 1. The van der Waals surface area contributed by atoms with E-state index in [1.165, 1.54) is 23.5 Å². The van der Waals surface area contributed by atoms with Crippen LogP contribution in [-0.2, 0) is 6.42 Å². The van der Waals surface area contributed by atoms with E-state index in [1.54, 1.807) is 5.38 Å². The van der Waals surface area contributed by atoms with E-state index in [0.29, 0.717) is 17.6 Å². The van der Waals surface area contributed by atoms with Crippen molar-refractivity contribution in [1.82, 2.24) is 15.0 Å². The summed E-state index contributed by atoms with van der Waals surface area (Å²) < 4.78 is 40.7. The fraction of sp³-hybridized carbons (Fsp3) is 0.150. The van der Waals surface area contributed by atoms with Crippen LogP contribution in [0.1, 0.15) is 16.1 Å². The first-order valence-corrected chi connectivity index (χ1v) is 10.1. The topological polar surface area (TPSA) is 98.4 Å². The summed E-state index contributed by atoms with van der Waals surface area (Å²) in [4.78, 5) is 24.1. The number of carbonyl (C=O) groups is 1. The van der Waals surface area contributed by atoms with Crippen LogP contribution in [0.25, 0.3) is 21.6 Å². The van der Waals surface area contributed by atoms with Crippen molar-refractivity contribution < 1.29 is 27.8 Å². The average molecular weight is 442 g/mol. The number of anilines is 1. The molecule has 0 fully saturated rings. The molecule has 0 atom stereocenters. The Morgan fingerprint density at radius 3 is 2.84 bits per heavy atom. The number of fused-ring (bicyclic) bond motifs is 3. The van der Waals surface area contributed by atoms with Crippen LogP contribution < -0.4 is 19.5 Å². The van der Waals surface area contributed by atoms with Crippen molar-refractivity contribution in [2.45, 2.75) is 12.7 Å². The van der Waals surface area contributed by atoms with Crippen molar-refractivity contribution in [2.24, 2.45) is 0 Å². The lowest BCUT2D eigenvalue weighted by Crippen LogP contribution is -2.25. The van der Waals surface area contributed by atoms with E-state index in [2.05, 4.69) is 29.7 Å². The third-order valence-corrected chi connectivity index (χ3v) is 5.80. The predicted octanol–water partition coefficient (Wildman–Crippen LogP) is 4.20. The molecule has 0 bridgehead atoms. The van der Waals surface area contributed by atoms with Crippen LogP contribution in [0.5, 0.6) is 17.2 Å². The molecule has 2 aliphatic heterocycles. The zero-order valence-electron chi connectivity index (χ0n) is 15.6. The molecule has 2 aliphatic rings. The maximum Gasteiger partial charge on any atom is 0.586 e. The molecule has 31 heavy (non-hydrogen) atoms. The molecule has 0 saturated heterocycles. The number of nitrogens with zero attached hydrogens (tertiary/aromatic N) is 2. The maximum absolute atomic E-state index is 13.2. The van der Waals surface area contributed by atoms with Crippen LogP contribution in [0.15, 0.2) is 35.7 Å². The van der Waals surface area contributed by atoms with Crippen LogP contribution in [0, 0.1) is 0 Å². The summed E-state index contributed by atoms with van der Waals surface area (Å²) in [6.07, 6.45) is -2.85. The molecule has 156 valence electrons. The molecule has 2 N–H and O–H groups in total. The Morgan fingerprint density at radius 2 is 1.97 bits per heavy atom. The summed E-state index contributed by atoms with van der Waals surface area (Å²) in [6.45, 7) is 0.672. The predicted molar refractivity (Wildman–Crippen MR) is 107 cm³/mol. The van der Waals surface area contributed by atoms with Gasteiger partial charge in [0.05, 0.1) is 17.6 Å². The Kier molecular flexibility index (Phi) is 3.72. The fourth-order valence-corrected chi connectivity index (χ4v) is 4.31. The Hall–Kier alpha value is -3.73. The number of ether oxygens (including phenoxy) is 3. The van der Waals surface area contributed by atoms with E-state index in [9.17, 15) is 13.6 Å². The largest absolute Gasteiger partial charge is 0.586 e. The van der Waals surface area contributed by atoms with Crippen molar-refractivity contribution >= 4 is 34.2 Å². The number of aromatic nitrogens is 3. The molecule has 0 radical (unpaired) electrons. The Labute approximate surface area is 176 Å². The van der Waals surface area contributed by atoms with E-state index >= 15 is 0 Å². The Balaban J connectivity index is 1.22. The highest BCUT2D eigenvalue weighted by molar-refractivity contribution is 7.13. The first kappa shape index (κ1) is 18.1.